The van der Waals surface area contributed by atoms with Crippen molar-refractivity contribution >= 4 is 39.2 Å². The minimum atomic E-state index is -3.81. The predicted octanol–water partition coefficient (Wildman–Crippen LogP) is 3.58. The van der Waals surface area contributed by atoms with E-state index in [2.05, 4.69) is 30.8 Å². The molecule has 1 saturated heterocycles. The molecule has 0 atom stereocenters. The van der Waals surface area contributed by atoms with Gasteiger partial charge in [0.15, 0.2) is 11.6 Å². The molecule has 1 aliphatic heterocycles. The molecule has 4 aromatic rings. The van der Waals surface area contributed by atoms with Crippen molar-refractivity contribution < 1.29 is 22.7 Å². The number of hydrogen-bond donors (Lipinski definition) is 3. The van der Waals surface area contributed by atoms with Gasteiger partial charge < -0.3 is 20.1 Å². The first kappa shape index (κ1) is 26.0. The fourth-order valence-corrected chi connectivity index (χ4v) is 5.16. The summed E-state index contributed by atoms with van der Waals surface area (Å²) in [7, 11) is -3.81. The molecule has 0 spiro atoms. The van der Waals surface area contributed by atoms with Gasteiger partial charge in [0.1, 0.15) is 5.75 Å². The Balaban J connectivity index is 1.23. The second-order valence-electron chi connectivity index (χ2n) is 8.46. The van der Waals surface area contributed by atoms with Gasteiger partial charge in [0.05, 0.1) is 53.0 Å². The van der Waals surface area contributed by atoms with Crippen molar-refractivity contribution in [1.29, 1.82) is 0 Å². The van der Waals surface area contributed by atoms with Crippen LogP contribution in [0.1, 0.15) is 5.69 Å². The van der Waals surface area contributed by atoms with Crippen molar-refractivity contribution in [3.8, 4) is 5.75 Å². The van der Waals surface area contributed by atoms with E-state index in [9.17, 15) is 17.9 Å². The fraction of sp³-hybridized carbons (Fsp3) is 0.154. The minimum Gasteiger partial charge on any atom is -0.508 e. The van der Waals surface area contributed by atoms with Crippen LogP contribution in [0, 0.1) is 5.82 Å². The zero-order valence-electron chi connectivity index (χ0n) is 20.5. The molecule has 0 radical (unpaired) electrons. The highest BCUT2D eigenvalue weighted by Crippen LogP contribution is 2.27. The summed E-state index contributed by atoms with van der Waals surface area (Å²) < 4.78 is 45.4. The highest BCUT2D eigenvalue weighted by molar-refractivity contribution is 7.91. The molecule has 39 heavy (non-hydrogen) atoms. The maximum Gasteiger partial charge on any atom is 0.245 e. The van der Waals surface area contributed by atoms with Gasteiger partial charge in [-0.25, -0.2) is 23.2 Å². The van der Waals surface area contributed by atoms with Gasteiger partial charge in [-0.15, -0.1) is 0 Å². The first-order valence-corrected chi connectivity index (χ1v) is 13.4. The van der Waals surface area contributed by atoms with Crippen molar-refractivity contribution in [1.82, 2.24) is 15.0 Å². The van der Waals surface area contributed by atoms with Gasteiger partial charge in [0.25, 0.3) is 0 Å². The molecule has 3 heterocycles. The average molecular weight is 550 g/mol. The van der Waals surface area contributed by atoms with Gasteiger partial charge in [-0.3, -0.25) is 4.98 Å². The number of phenolic OH excluding ortho intramolecular Hbond substituents is 1. The predicted molar refractivity (Wildman–Crippen MR) is 144 cm³/mol. The molecule has 1 aliphatic rings. The Hall–Kier alpha value is -4.62. The summed E-state index contributed by atoms with van der Waals surface area (Å²) in [5.74, 6) is -0.303. The maximum absolute atomic E-state index is 14.2. The molecule has 0 amide bonds. The van der Waals surface area contributed by atoms with E-state index in [0.717, 1.165) is 6.20 Å². The van der Waals surface area contributed by atoms with Crippen LogP contribution < -0.4 is 15.6 Å². The van der Waals surface area contributed by atoms with Crippen LogP contribution >= 0.6 is 0 Å². The Kier molecular flexibility index (Phi) is 7.61. The van der Waals surface area contributed by atoms with Crippen LogP contribution in [0.15, 0.2) is 87.9 Å². The monoisotopic (exact) mass is 549 g/mol. The standard InChI is InChI=1S/C26H24FN7O4S/c27-24-17-29-26(32-25(24)34-9-11-38-12-10-34)33-30-16-19-7-8-20(15-28-19)31-18-3-1-5-22(13-18)39(36,37)23-6-2-4-21(35)14-23/h1-8,13-17,31,35H,9-12H2,(H,29,32,33)/b30-16+. The summed E-state index contributed by atoms with van der Waals surface area (Å²) in [4.78, 5) is 14.3. The van der Waals surface area contributed by atoms with Crippen LogP contribution in [0.4, 0.5) is 27.5 Å². The molecule has 5 rings (SSSR count). The first-order chi connectivity index (χ1) is 18.9. The number of benzene rings is 2. The van der Waals surface area contributed by atoms with Gasteiger partial charge in [-0.05, 0) is 48.5 Å². The number of phenols is 1. The summed E-state index contributed by atoms with van der Waals surface area (Å²) in [5.41, 5.74) is 4.39. The van der Waals surface area contributed by atoms with E-state index in [1.54, 1.807) is 35.4 Å². The third kappa shape index (κ3) is 6.27. The zero-order valence-corrected chi connectivity index (χ0v) is 21.3. The smallest absolute Gasteiger partial charge is 0.245 e. The van der Waals surface area contributed by atoms with Gasteiger partial charge in [0.2, 0.25) is 15.8 Å². The number of aromatic hydroxyl groups is 1. The van der Waals surface area contributed by atoms with Crippen LogP contribution in [-0.2, 0) is 14.6 Å². The number of ether oxygens (including phenoxy) is 1. The van der Waals surface area contributed by atoms with E-state index in [4.69, 9.17) is 4.74 Å². The molecule has 0 saturated carbocycles. The molecule has 11 nitrogen and oxygen atoms in total. The quantitative estimate of drug-likeness (QED) is 0.221. The van der Waals surface area contributed by atoms with Crippen LogP contribution in [-0.4, -0.2) is 61.0 Å². The Morgan fingerprint density at radius 3 is 2.49 bits per heavy atom. The normalized spacial score (nSPS) is 13.9. The number of rotatable bonds is 8. The SMILES string of the molecule is O=S(=O)(c1cccc(O)c1)c1cccc(Nc2ccc(/C=N/Nc3ncc(F)c(N4CCOCC4)n3)nc2)c1. The summed E-state index contributed by atoms with van der Waals surface area (Å²) in [5, 5.41) is 16.9. The second-order valence-corrected chi connectivity index (χ2v) is 10.4. The third-order valence-electron chi connectivity index (χ3n) is 5.74. The van der Waals surface area contributed by atoms with Crippen LogP contribution in [0.3, 0.4) is 0 Å². The van der Waals surface area contributed by atoms with Crippen molar-refractivity contribution in [2.75, 3.05) is 41.9 Å². The van der Waals surface area contributed by atoms with Gasteiger partial charge >= 0.3 is 0 Å². The average Bonchev–Trinajstić information content (AvgIpc) is 2.95. The number of hydrazone groups is 1. The summed E-state index contributed by atoms with van der Waals surface area (Å²) in [6, 6.07) is 15.4. The molecule has 2 aromatic carbocycles. The van der Waals surface area contributed by atoms with E-state index in [-0.39, 0.29) is 27.3 Å². The van der Waals surface area contributed by atoms with Gasteiger partial charge in [-0.2, -0.15) is 10.1 Å². The Labute approximate surface area is 224 Å². The first-order valence-electron chi connectivity index (χ1n) is 11.9. The number of morpholine rings is 1. The molecule has 0 unspecified atom stereocenters. The van der Waals surface area contributed by atoms with E-state index in [1.165, 1.54) is 42.6 Å². The highest BCUT2D eigenvalue weighted by atomic mass is 32.2. The molecule has 200 valence electrons. The zero-order chi connectivity index (χ0) is 27.2. The number of sulfone groups is 1. The van der Waals surface area contributed by atoms with E-state index in [0.29, 0.717) is 43.4 Å². The Morgan fingerprint density at radius 2 is 1.74 bits per heavy atom. The lowest BCUT2D eigenvalue weighted by Crippen LogP contribution is -2.37. The van der Waals surface area contributed by atoms with E-state index in [1.807, 2.05) is 0 Å². The molecule has 3 N–H and O–H groups in total. The van der Waals surface area contributed by atoms with Gasteiger partial charge in [-0.1, -0.05) is 12.1 Å². The molecule has 0 bridgehead atoms. The van der Waals surface area contributed by atoms with Gasteiger partial charge in [0, 0.05) is 18.8 Å². The lowest BCUT2D eigenvalue weighted by Gasteiger charge is -2.27. The number of nitrogens with zero attached hydrogens (tertiary/aromatic N) is 5. The lowest BCUT2D eigenvalue weighted by molar-refractivity contribution is 0.122. The number of hydrogen-bond acceptors (Lipinski definition) is 11. The Morgan fingerprint density at radius 1 is 0.974 bits per heavy atom. The van der Waals surface area contributed by atoms with Crippen LogP contribution in [0.25, 0.3) is 0 Å². The van der Waals surface area contributed by atoms with Crippen LogP contribution in [0.2, 0.25) is 0 Å². The van der Waals surface area contributed by atoms with Crippen molar-refractivity contribution in [3.63, 3.8) is 0 Å². The maximum atomic E-state index is 14.2. The molecule has 1 fully saturated rings. The van der Waals surface area contributed by atoms with Crippen LogP contribution in [0.5, 0.6) is 5.75 Å². The fourth-order valence-electron chi connectivity index (χ4n) is 3.82. The number of pyridine rings is 1. The topological polar surface area (TPSA) is 142 Å². The number of anilines is 4. The highest BCUT2D eigenvalue weighted by Gasteiger charge is 2.19. The molecule has 13 heteroatoms. The molecular formula is C26H24FN7O4S. The minimum absolute atomic E-state index is 0.00178. The summed E-state index contributed by atoms with van der Waals surface area (Å²) in [6.45, 7) is 2.09. The summed E-state index contributed by atoms with van der Waals surface area (Å²) >= 11 is 0. The van der Waals surface area contributed by atoms with Crippen molar-refractivity contribution in [2.24, 2.45) is 5.10 Å². The van der Waals surface area contributed by atoms with E-state index < -0.39 is 15.7 Å². The molecule has 2 aromatic heterocycles. The largest absolute Gasteiger partial charge is 0.508 e. The van der Waals surface area contributed by atoms with Crippen molar-refractivity contribution in [2.45, 2.75) is 9.79 Å². The Bertz CT molecular complexity index is 1590. The molecule has 0 aliphatic carbocycles. The second kappa shape index (κ2) is 11.4. The number of nitrogens with one attached hydrogen (secondary N) is 2. The lowest BCUT2D eigenvalue weighted by atomic mass is 10.3. The van der Waals surface area contributed by atoms with E-state index >= 15 is 0 Å². The van der Waals surface area contributed by atoms with Crippen molar-refractivity contribution in [3.05, 3.63) is 84.6 Å². The third-order valence-corrected chi connectivity index (χ3v) is 7.49. The summed E-state index contributed by atoms with van der Waals surface area (Å²) in [6.07, 6.45) is 4.13. The molecular weight excluding hydrogens is 525 g/mol. The number of aromatic nitrogens is 3. The number of halogens is 1.